The highest BCUT2D eigenvalue weighted by Gasteiger charge is 2.18. The molecule has 0 aromatic heterocycles. The molecule has 0 spiro atoms. The van der Waals surface area contributed by atoms with Crippen molar-refractivity contribution in [2.75, 3.05) is 18.9 Å². The van der Waals surface area contributed by atoms with Crippen molar-refractivity contribution in [2.45, 2.75) is 30.6 Å². The van der Waals surface area contributed by atoms with Gasteiger partial charge >= 0.3 is 0 Å². The molecule has 5 nitrogen and oxygen atoms in total. The van der Waals surface area contributed by atoms with Crippen molar-refractivity contribution in [3.63, 3.8) is 0 Å². The molecule has 0 atom stereocenters. The molecular formula is C12H19FN2O3S. The fourth-order valence-electron chi connectivity index (χ4n) is 1.61. The Morgan fingerprint density at radius 2 is 1.89 bits per heavy atom. The Kier molecular flexibility index (Phi) is 6.20. The predicted molar refractivity (Wildman–Crippen MR) is 71.6 cm³/mol. The summed E-state index contributed by atoms with van der Waals surface area (Å²) < 4.78 is 39.5. The van der Waals surface area contributed by atoms with E-state index in [1.807, 2.05) is 0 Å². The first-order valence-electron chi connectivity index (χ1n) is 6.13. The van der Waals surface area contributed by atoms with Gasteiger partial charge in [0.25, 0.3) is 0 Å². The van der Waals surface area contributed by atoms with E-state index in [9.17, 15) is 12.8 Å². The molecule has 0 saturated heterocycles. The lowest BCUT2D eigenvalue weighted by atomic mass is 10.2. The lowest BCUT2D eigenvalue weighted by Gasteiger charge is -2.08. The molecule has 108 valence electrons. The highest BCUT2D eigenvalue weighted by Crippen LogP contribution is 2.16. The number of nitrogen functional groups attached to an aromatic ring is 1. The first kappa shape index (κ1) is 15.9. The molecule has 4 N–H and O–H groups in total. The van der Waals surface area contributed by atoms with Crippen molar-refractivity contribution in [1.29, 1.82) is 0 Å². The van der Waals surface area contributed by atoms with Gasteiger partial charge in [0.05, 0.1) is 0 Å². The minimum atomic E-state index is -3.83. The summed E-state index contributed by atoms with van der Waals surface area (Å²) in [7, 11) is -3.83. The molecule has 19 heavy (non-hydrogen) atoms. The summed E-state index contributed by atoms with van der Waals surface area (Å²) in [5.74, 6) is -0.854. The molecule has 1 rings (SSSR count). The van der Waals surface area contributed by atoms with Gasteiger partial charge in [-0.05, 0) is 31.0 Å². The summed E-state index contributed by atoms with van der Waals surface area (Å²) >= 11 is 0. The number of rotatable bonds is 8. The molecule has 0 heterocycles. The van der Waals surface area contributed by atoms with Crippen LogP contribution in [0, 0.1) is 5.82 Å². The van der Waals surface area contributed by atoms with Crippen LogP contribution >= 0.6 is 0 Å². The smallest absolute Gasteiger partial charge is 0.243 e. The van der Waals surface area contributed by atoms with Crippen molar-refractivity contribution < 1.29 is 17.9 Å². The number of unbranched alkanes of at least 4 members (excludes halogenated alkanes) is 3. The molecule has 0 saturated carbocycles. The summed E-state index contributed by atoms with van der Waals surface area (Å²) in [5.41, 5.74) is 5.54. The first-order chi connectivity index (χ1) is 8.97. The second-order valence-corrected chi connectivity index (χ2v) is 5.96. The number of hydrogen-bond donors (Lipinski definition) is 3. The van der Waals surface area contributed by atoms with Crippen LogP contribution in [0.1, 0.15) is 25.7 Å². The minimum absolute atomic E-state index is 0.141. The van der Waals surface area contributed by atoms with Crippen LogP contribution in [0.3, 0.4) is 0 Å². The van der Waals surface area contributed by atoms with E-state index in [0.717, 1.165) is 25.0 Å². The molecule has 0 radical (unpaired) electrons. The van der Waals surface area contributed by atoms with Crippen LogP contribution in [0.15, 0.2) is 23.1 Å². The molecule has 1 aromatic carbocycles. The summed E-state index contributed by atoms with van der Waals surface area (Å²) in [6.45, 7) is 0.389. The largest absolute Gasteiger partial charge is 0.399 e. The monoisotopic (exact) mass is 290 g/mol. The summed E-state index contributed by atoms with van der Waals surface area (Å²) in [5, 5.41) is 8.59. The summed E-state index contributed by atoms with van der Waals surface area (Å²) in [6.07, 6.45) is 3.01. The Labute approximate surface area is 112 Å². The van der Waals surface area contributed by atoms with Crippen molar-refractivity contribution in [3.05, 3.63) is 24.0 Å². The number of aliphatic hydroxyl groups is 1. The van der Waals surface area contributed by atoms with Gasteiger partial charge < -0.3 is 10.8 Å². The van der Waals surface area contributed by atoms with Crippen LogP contribution in [0.4, 0.5) is 10.1 Å². The molecular weight excluding hydrogens is 271 g/mol. The Morgan fingerprint density at radius 3 is 2.53 bits per heavy atom. The Morgan fingerprint density at radius 1 is 1.21 bits per heavy atom. The van der Waals surface area contributed by atoms with E-state index in [1.165, 1.54) is 6.07 Å². The zero-order valence-corrected chi connectivity index (χ0v) is 11.4. The summed E-state index contributed by atoms with van der Waals surface area (Å²) in [6, 6.07) is 3.48. The number of nitrogens with two attached hydrogens (primary N) is 1. The molecule has 0 fully saturated rings. The maximum atomic E-state index is 13.5. The predicted octanol–water partition coefficient (Wildman–Crippen LogP) is 1.24. The lowest BCUT2D eigenvalue weighted by molar-refractivity contribution is 0.282. The van der Waals surface area contributed by atoms with E-state index in [2.05, 4.69) is 4.72 Å². The molecule has 1 aromatic rings. The molecule has 0 bridgehead atoms. The van der Waals surface area contributed by atoms with Crippen LogP contribution < -0.4 is 10.5 Å². The maximum Gasteiger partial charge on any atom is 0.243 e. The number of halogens is 1. The van der Waals surface area contributed by atoms with Crippen LogP contribution in [0.2, 0.25) is 0 Å². The third-order valence-electron chi connectivity index (χ3n) is 2.62. The van der Waals surface area contributed by atoms with E-state index >= 15 is 0 Å². The van der Waals surface area contributed by atoms with E-state index in [4.69, 9.17) is 10.8 Å². The Balaban J connectivity index is 2.52. The van der Waals surface area contributed by atoms with E-state index in [1.54, 1.807) is 0 Å². The third-order valence-corrected chi connectivity index (χ3v) is 4.12. The zero-order valence-electron chi connectivity index (χ0n) is 10.6. The van der Waals surface area contributed by atoms with Crippen molar-refractivity contribution in [1.82, 2.24) is 4.72 Å². The van der Waals surface area contributed by atoms with Gasteiger partial charge in [0, 0.05) is 18.8 Å². The number of aliphatic hydroxyl groups excluding tert-OH is 1. The molecule has 0 unspecified atom stereocenters. The van der Waals surface area contributed by atoms with E-state index in [0.29, 0.717) is 12.8 Å². The van der Waals surface area contributed by atoms with Gasteiger partial charge in [-0.2, -0.15) is 0 Å². The topological polar surface area (TPSA) is 92.4 Å². The van der Waals surface area contributed by atoms with Gasteiger partial charge in [-0.1, -0.05) is 12.8 Å². The molecule has 0 aliphatic rings. The fraction of sp³-hybridized carbons (Fsp3) is 0.500. The Hall–Kier alpha value is -1.18. The van der Waals surface area contributed by atoms with Crippen molar-refractivity contribution in [3.8, 4) is 0 Å². The highest BCUT2D eigenvalue weighted by atomic mass is 32.2. The average molecular weight is 290 g/mol. The van der Waals surface area contributed by atoms with Gasteiger partial charge in [0.2, 0.25) is 10.0 Å². The average Bonchev–Trinajstić information content (AvgIpc) is 2.33. The number of sulfonamides is 1. The van der Waals surface area contributed by atoms with Crippen LogP contribution in [-0.2, 0) is 10.0 Å². The zero-order chi connectivity index (χ0) is 14.3. The fourth-order valence-corrected chi connectivity index (χ4v) is 2.74. The molecule has 0 aliphatic carbocycles. The van der Waals surface area contributed by atoms with Gasteiger partial charge in [-0.15, -0.1) is 0 Å². The number of anilines is 1. The second-order valence-electron chi connectivity index (χ2n) is 4.23. The first-order valence-corrected chi connectivity index (χ1v) is 7.61. The van der Waals surface area contributed by atoms with Crippen LogP contribution in [0.25, 0.3) is 0 Å². The molecule has 0 aliphatic heterocycles. The maximum absolute atomic E-state index is 13.5. The van der Waals surface area contributed by atoms with E-state index < -0.39 is 20.7 Å². The van der Waals surface area contributed by atoms with Crippen molar-refractivity contribution >= 4 is 15.7 Å². The van der Waals surface area contributed by atoms with Crippen molar-refractivity contribution in [2.24, 2.45) is 0 Å². The number of nitrogens with one attached hydrogen (secondary N) is 1. The standard InChI is InChI=1S/C12H19FN2O3S/c13-11-9-10(14)5-6-12(11)19(17,18)15-7-3-1-2-4-8-16/h5-6,9,15-16H,1-4,7-8,14H2. The third kappa shape index (κ3) is 5.14. The second kappa shape index (κ2) is 7.42. The highest BCUT2D eigenvalue weighted by molar-refractivity contribution is 7.89. The number of hydrogen-bond acceptors (Lipinski definition) is 4. The quantitative estimate of drug-likeness (QED) is 0.496. The minimum Gasteiger partial charge on any atom is -0.399 e. The molecule has 7 heteroatoms. The number of benzene rings is 1. The SMILES string of the molecule is Nc1ccc(S(=O)(=O)NCCCCCCO)c(F)c1. The molecule has 0 amide bonds. The van der Waals surface area contributed by atoms with E-state index in [-0.39, 0.29) is 18.8 Å². The normalized spacial score (nSPS) is 11.7. The Bertz CT molecular complexity index is 506. The van der Waals surface area contributed by atoms with Gasteiger partial charge in [0.1, 0.15) is 10.7 Å². The lowest BCUT2D eigenvalue weighted by Crippen LogP contribution is -2.25. The van der Waals surface area contributed by atoms with Gasteiger partial charge in [-0.25, -0.2) is 17.5 Å². The van der Waals surface area contributed by atoms with Crippen LogP contribution in [0.5, 0.6) is 0 Å². The van der Waals surface area contributed by atoms with Crippen LogP contribution in [-0.4, -0.2) is 26.7 Å². The summed E-state index contributed by atoms with van der Waals surface area (Å²) in [4.78, 5) is -0.392. The van der Waals surface area contributed by atoms with Gasteiger partial charge in [-0.3, -0.25) is 0 Å². The van der Waals surface area contributed by atoms with Gasteiger partial charge in [0.15, 0.2) is 0 Å².